The van der Waals surface area contributed by atoms with Crippen LogP contribution in [-0.4, -0.2) is 53.9 Å². The number of nitrogens with zero attached hydrogens (tertiary/aromatic N) is 1. The number of ketones is 1. The lowest BCUT2D eigenvalue weighted by Gasteiger charge is -2.23. The monoisotopic (exact) mass is 414 g/mol. The highest BCUT2D eigenvalue weighted by atomic mass is 32.2. The molecule has 0 bridgehead atoms. The van der Waals surface area contributed by atoms with Gasteiger partial charge in [-0.2, -0.15) is 0 Å². The molecule has 2 aromatic rings. The number of carbonyl (C=O) groups is 3. The highest BCUT2D eigenvalue weighted by molar-refractivity contribution is 7.99. The van der Waals surface area contributed by atoms with Crippen LogP contribution < -0.4 is 14.8 Å². The minimum absolute atomic E-state index is 0.0348. The first-order chi connectivity index (χ1) is 14.0. The SMILES string of the molecule is COc1ccc(NC(=O)C2CSCN2C(=O)COc2ccc(C(C)=O)cc2)cc1. The van der Waals surface area contributed by atoms with Crippen LogP contribution >= 0.6 is 11.8 Å². The van der Waals surface area contributed by atoms with Crippen LogP contribution in [0.15, 0.2) is 48.5 Å². The van der Waals surface area contributed by atoms with E-state index in [0.717, 1.165) is 0 Å². The lowest BCUT2D eigenvalue weighted by molar-refractivity contribution is -0.137. The quantitative estimate of drug-likeness (QED) is 0.702. The lowest BCUT2D eigenvalue weighted by Crippen LogP contribution is -2.46. The maximum atomic E-state index is 12.6. The molecule has 0 saturated carbocycles. The topological polar surface area (TPSA) is 84.9 Å². The van der Waals surface area contributed by atoms with E-state index in [4.69, 9.17) is 9.47 Å². The summed E-state index contributed by atoms with van der Waals surface area (Å²) in [6.07, 6.45) is 0. The smallest absolute Gasteiger partial charge is 0.261 e. The van der Waals surface area contributed by atoms with Gasteiger partial charge < -0.3 is 19.7 Å². The van der Waals surface area contributed by atoms with E-state index in [2.05, 4.69) is 5.32 Å². The number of amides is 2. The summed E-state index contributed by atoms with van der Waals surface area (Å²) in [6, 6.07) is 13.1. The predicted molar refractivity (Wildman–Crippen MR) is 112 cm³/mol. The number of benzene rings is 2. The van der Waals surface area contributed by atoms with Gasteiger partial charge in [0.15, 0.2) is 12.4 Å². The van der Waals surface area contributed by atoms with Gasteiger partial charge in [-0.05, 0) is 55.5 Å². The molecule has 2 aromatic carbocycles. The zero-order chi connectivity index (χ0) is 20.8. The molecule has 2 amide bonds. The van der Waals surface area contributed by atoms with Crippen molar-refractivity contribution in [3.63, 3.8) is 0 Å². The summed E-state index contributed by atoms with van der Waals surface area (Å²) >= 11 is 1.52. The fourth-order valence-electron chi connectivity index (χ4n) is 2.82. The van der Waals surface area contributed by atoms with E-state index in [9.17, 15) is 14.4 Å². The number of Topliss-reactive ketones (excluding diaryl/α,β-unsaturated/α-hetero) is 1. The second kappa shape index (κ2) is 9.47. The van der Waals surface area contributed by atoms with Gasteiger partial charge in [-0.15, -0.1) is 11.8 Å². The number of nitrogens with one attached hydrogen (secondary N) is 1. The van der Waals surface area contributed by atoms with Crippen molar-refractivity contribution in [2.24, 2.45) is 0 Å². The molecule has 1 saturated heterocycles. The highest BCUT2D eigenvalue weighted by Crippen LogP contribution is 2.23. The van der Waals surface area contributed by atoms with Gasteiger partial charge in [0, 0.05) is 17.0 Å². The third-order valence-electron chi connectivity index (χ3n) is 4.49. The van der Waals surface area contributed by atoms with Gasteiger partial charge in [0.1, 0.15) is 17.5 Å². The Morgan fingerprint density at radius 3 is 2.34 bits per heavy atom. The number of thioether (sulfide) groups is 1. The molecule has 1 unspecified atom stereocenters. The van der Waals surface area contributed by atoms with Crippen LogP contribution in [0.3, 0.4) is 0 Å². The number of ether oxygens (including phenoxy) is 2. The molecule has 3 rings (SSSR count). The summed E-state index contributed by atoms with van der Waals surface area (Å²) in [4.78, 5) is 38.1. The van der Waals surface area contributed by atoms with Crippen molar-refractivity contribution in [2.75, 3.05) is 30.7 Å². The summed E-state index contributed by atoms with van der Waals surface area (Å²) in [5, 5.41) is 2.84. The van der Waals surface area contributed by atoms with Crippen molar-refractivity contribution >= 4 is 35.0 Å². The van der Waals surface area contributed by atoms with Gasteiger partial charge in [-0.25, -0.2) is 0 Å². The zero-order valence-corrected chi connectivity index (χ0v) is 17.0. The zero-order valence-electron chi connectivity index (χ0n) is 16.2. The lowest BCUT2D eigenvalue weighted by atomic mass is 10.1. The van der Waals surface area contributed by atoms with Crippen LogP contribution in [0.5, 0.6) is 11.5 Å². The summed E-state index contributed by atoms with van der Waals surface area (Å²) in [5.41, 5.74) is 1.22. The van der Waals surface area contributed by atoms with E-state index < -0.39 is 6.04 Å². The van der Waals surface area contributed by atoms with E-state index in [1.54, 1.807) is 55.6 Å². The molecule has 152 valence electrons. The molecule has 29 heavy (non-hydrogen) atoms. The van der Waals surface area contributed by atoms with Crippen molar-refractivity contribution in [3.05, 3.63) is 54.1 Å². The third-order valence-corrected chi connectivity index (χ3v) is 5.50. The standard InChI is InChI=1S/C21H22N2O5S/c1-14(24)15-3-7-18(8-4-15)28-11-20(25)23-13-29-12-19(23)21(26)22-16-5-9-17(27-2)10-6-16/h3-10,19H,11-13H2,1-2H3,(H,22,26). The molecule has 0 radical (unpaired) electrons. The van der Waals surface area contributed by atoms with E-state index in [-0.39, 0.29) is 24.2 Å². The normalized spacial score (nSPS) is 15.7. The van der Waals surface area contributed by atoms with Crippen molar-refractivity contribution in [1.82, 2.24) is 4.90 Å². The molecular formula is C21H22N2O5S. The maximum absolute atomic E-state index is 12.6. The second-order valence-electron chi connectivity index (χ2n) is 6.47. The van der Waals surface area contributed by atoms with Crippen LogP contribution in [0.25, 0.3) is 0 Å². The number of methoxy groups -OCH3 is 1. The highest BCUT2D eigenvalue weighted by Gasteiger charge is 2.34. The number of anilines is 1. The van der Waals surface area contributed by atoms with Crippen molar-refractivity contribution in [1.29, 1.82) is 0 Å². The van der Waals surface area contributed by atoms with E-state index in [1.807, 2.05) is 0 Å². The molecule has 0 spiro atoms. The Bertz CT molecular complexity index is 883. The first-order valence-corrected chi connectivity index (χ1v) is 10.2. The number of carbonyl (C=O) groups excluding carboxylic acids is 3. The summed E-state index contributed by atoms with van der Waals surface area (Å²) in [5.74, 6) is 1.62. The van der Waals surface area contributed by atoms with Crippen molar-refractivity contribution in [2.45, 2.75) is 13.0 Å². The molecule has 1 fully saturated rings. The minimum Gasteiger partial charge on any atom is -0.497 e. The fraction of sp³-hybridized carbons (Fsp3) is 0.286. The average molecular weight is 414 g/mol. The van der Waals surface area contributed by atoms with Gasteiger partial charge in [0.05, 0.1) is 13.0 Å². The first kappa shape index (κ1) is 20.7. The van der Waals surface area contributed by atoms with Gasteiger partial charge in [0.2, 0.25) is 5.91 Å². The van der Waals surface area contributed by atoms with Crippen molar-refractivity contribution in [3.8, 4) is 11.5 Å². The Kier molecular flexibility index (Phi) is 6.77. The molecule has 1 N–H and O–H groups in total. The minimum atomic E-state index is -0.557. The fourth-order valence-corrected chi connectivity index (χ4v) is 4.00. The van der Waals surface area contributed by atoms with Gasteiger partial charge in [-0.3, -0.25) is 14.4 Å². The van der Waals surface area contributed by atoms with Gasteiger partial charge in [-0.1, -0.05) is 0 Å². The Hall–Kier alpha value is -3.00. The van der Waals surface area contributed by atoms with E-state index in [1.165, 1.54) is 23.6 Å². The van der Waals surface area contributed by atoms with Gasteiger partial charge in [0.25, 0.3) is 5.91 Å². The molecule has 0 aromatic heterocycles. The maximum Gasteiger partial charge on any atom is 0.261 e. The van der Waals surface area contributed by atoms with Crippen LogP contribution in [-0.2, 0) is 9.59 Å². The summed E-state index contributed by atoms with van der Waals surface area (Å²) in [7, 11) is 1.58. The van der Waals surface area contributed by atoms with Crippen LogP contribution in [0.2, 0.25) is 0 Å². The second-order valence-corrected chi connectivity index (χ2v) is 7.47. The van der Waals surface area contributed by atoms with Crippen LogP contribution in [0.1, 0.15) is 17.3 Å². The van der Waals surface area contributed by atoms with E-state index in [0.29, 0.717) is 34.4 Å². The Morgan fingerprint density at radius 1 is 1.07 bits per heavy atom. The Labute approximate surface area is 173 Å². The van der Waals surface area contributed by atoms with Crippen LogP contribution in [0, 0.1) is 0 Å². The molecule has 1 aliphatic heterocycles. The molecular weight excluding hydrogens is 392 g/mol. The largest absolute Gasteiger partial charge is 0.497 e. The van der Waals surface area contributed by atoms with Crippen LogP contribution in [0.4, 0.5) is 5.69 Å². The Balaban J connectivity index is 1.56. The average Bonchev–Trinajstić information content (AvgIpc) is 3.23. The molecule has 8 heteroatoms. The van der Waals surface area contributed by atoms with E-state index >= 15 is 0 Å². The summed E-state index contributed by atoms with van der Waals surface area (Å²) < 4.78 is 10.6. The van der Waals surface area contributed by atoms with Crippen molar-refractivity contribution < 1.29 is 23.9 Å². The number of hydrogen-bond acceptors (Lipinski definition) is 6. The third kappa shape index (κ3) is 5.29. The number of hydrogen-bond donors (Lipinski definition) is 1. The molecule has 0 aliphatic carbocycles. The first-order valence-electron chi connectivity index (χ1n) is 9.04. The molecule has 1 aliphatic rings. The number of rotatable bonds is 7. The summed E-state index contributed by atoms with van der Waals surface area (Å²) in [6.45, 7) is 1.31. The molecule has 1 atom stereocenters. The molecule has 1 heterocycles. The Morgan fingerprint density at radius 2 is 1.72 bits per heavy atom. The predicted octanol–water partition coefficient (Wildman–Crippen LogP) is 2.82. The van der Waals surface area contributed by atoms with Gasteiger partial charge >= 0.3 is 0 Å². The molecule has 7 nitrogen and oxygen atoms in total.